The minimum atomic E-state index is -3.64. The van der Waals surface area contributed by atoms with Crippen LogP contribution in [0.25, 0.3) is 0 Å². The highest BCUT2D eigenvalue weighted by atomic mass is 32.2. The van der Waals surface area contributed by atoms with Crippen molar-refractivity contribution in [3.8, 4) is 0 Å². The molecular weight excluding hydrogens is 444 g/mol. The Hall–Kier alpha value is -3.24. The van der Waals surface area contributed by atoms with E-state index in [1.807, 2.05) is 6.92 Å². The van der Waals surface area contributed by atoms with Crippen molar-refractivity contribution in [3.05, 3.63) is 65.7 Å². The lowest BCUT2D eigenvalue weighted by Crippen LogP contribution is -2.51. The molecule has 0 aliphatic carbocycles. The number of piperidine rings is 1. The van der Waals surface area contributed by atoms with Gasteiger partial charge >= 0.3 is 6.03 Å². The fourth-order valence-corrected chi connectivity index (χ4v) is 5.60. The SMILES string of the molecule is Cc1ccc(S(=O)(=O)N2CCC(C(=O)NN3C(=O)NC(C)(c4ccccc4)C3=O)CC2)cc1. The number of hydrogen-bond donors (Lipinski definition) is 2. The molecule has 2 aromatic rings. The second-order valence-electron chi connectivity index (χ2n) is 8.53. The standard InChI is InChI=1S/C23H26N4O5S/c1-16-8-10-19(11-9-16)33(31,32)26-14-12-17(13-15-26)20(28)25-27-21(29)23(2,24-22(27)30)18-6-4-3-5-7-18/h3-11,17H,12-15H2,1-2H3,(H,24,30)(H,25,28). The van der Waals surface area contributed by atoms with E-state index < -0.39 is 39.3 Å². The van der Waals surface area contributed by atoms with Gasteiger partial charge in [-0.3, -0.25) is 15.0 Å². The number of carbonyl (C=O) groups excluding carboxylic acids is 3. The molecule has 0 aromatic heterocycles. The highest BCUT2D eigenvalue weighted by molar-refractivity contribution is 7.89. The van der Waals surface area contributed by atoms with E-state index in [0.717, 1.165) is 5.56 Å². The number of aryl methyl sites for hydroxylation is 1. The van der Waals surface area contributed by atoms with Gasteiger partial charge in [0, 0.05) is 19.0 Å². The van der Waals surface area contributed by atoms with Gasteiger partial charge < -0.3 is 5.32 Å². The minimum absolute atomic E-state index is 0.177. The van der Waals surface area contributed by atoms with Gasteiger partial charge in [0.15, 0.2) is 0 Å². The molecule has 10 heteroatoms. The molecule has 0 spiro atoms. The summed E-state index contributed by atoms with van der Waals surface area (Å²) in [5.74, 6) is -1.58. The average Bonchev–Trinajstić information content (AvgIpc) is 3.04. The highest BCUT2D eigenvalue weighted by Gasteiger charge is 2.50. The second-order valence-corrected chi connectivity index (χ2v) is 10.5. The first-order valence-electron chi connectivity index (χ1n) is 10.7. The van der Waals surface area contributed by atoms with E-state index >= 15 is 0 Å². The zero-order chi connectivity index (χ0) is 23.8. The van der Waals surface area contributed by atoms with E-state index in [9.17, 15) is 22.8 Å². The van der Waals surface area contributed by atoms with Crippen LogP contribution in [0.15, 0.2) is 59.5 Å². The number of nitrogens with zero attached hydrogens (tertiary/aromatic N) is 2. The fourth-order valence-electron chi connectivity index (χ4n) is 4.13. The van der Waals surface area contributed by atoms with E-state index in [1.54, 1.807) is 61.5 Å². The molecule has 2 heterocycles. The van der Waals surface area contributed by atoms with Gasteiger partial charge in [-0.1, -0.05) is 48.0 Å². The fraction of sp³-hybridized carbons (Fsp3) is 0.348. The normalized spacial score (nSPS) is 22.3. The van der Waals surface area contributed by atoms with E-state index in [-0.39, 0.29) is 30.8 Å². The molecule has 0 radical (unpaired) electrons. The molecule has 9 nitrogen and oxygen atoms in total. The van der Waals surface area contributed by atoms with Crippen molar-refractivity contribution in [2.75, 3.05) is 13.1 Å². The lowest BCUT2D eigenvalue weighted by molar-refractivity contribution is -0.141. The Morgan fingerprint density at radius 2 is 1.64 bits per heavy atom. The summed E-state index contributed by atoms with van der Waals surface area (Å²) in [6.45, 7) is 3.82. The number of nitrogens with one attached hydrogen (secondary N) is 2. The maximum atomic E-state index is 13.0. The summed E-state index contributed by atoms with van der Waals surface area (Å²) in [5, 5.41) is 3.35. The topological polar surface area (TPSA) is 116 Å². The molecule has 2 aromatic carbocycles. The summed E-state index contributed by atoms with van der Waals surface area (Å²) in [6.07, 6.45) is 0.576. The number of benzene rings is 2. The Kier molecular flexibility index (Phi) is 5.98. The van der Waals surface area contributed by atoms with Gasteiger partial charge in [-0.05, 0) is 44.4 Å². The van der Waals surface area contributed by atoms with Crippen LogP contribution >= 0.6 is 0 Å². The molecule has 174 valence electrons. The van der Waals surface area contributed by atoms with Crippen LogP contribution < -0.4 is 10.7 Å². The van der Waals surface area contributed by atoms with Gasteiger partial charge in [-0.25, -0.2) is 13.2 Å². The summed E-state index contributed by atoms with van der Waals surface area (Å²) >= 11 is 0. The number of urea groups is 1. The van der Waals surface area contributed by atoms with Crippen molar-refractivity contribution in [3.63, 3.8) is 0 Å². The van der Waals surface area contributed by atoms with Gasteiger partial charge in [-0.2, -0.15) is 9.31 Å². The Labute approximate surface area is 192 Å². The molecule has 1 unspecified atom stereocenters. The number of hydrogen-bond acceptors (Lipinski definition) is 5. The Balaban J connectivity index is 1.39. The average molecular weight is 471 g/mol. The predicted octanol–water partition coefficient (Wildman–Crippen LogP) is 1.89. The zero-order valence-electron chi connectivity index (χ0n) is 18.4. The molecular formula is C23H26N4O5S. The molecule has 2 aliphatic rings. The number of carbonyl (C=O) groups is 3. The summed E-state index contributed by atoms with van der Waals surface area (Å²) in [5.41, 5.74) is 2.72. The van der Waals surface area contributed by atoms with E-state index in [0.29, 0.717) is 10.6 Å². The van der Waals surface area contributed by atoms with Crippen LogP contribution in [0.4, 0.5) is 4.79 Å². The number of rotatable bonds is 5. The zero-order valence-corrected chi connectivity index (χ0v) is 19.3. The third-order valence-electron chi connectivity index (χ3n) is 6.25. The molecule has 2 saturated heterocycles. The first kappa shape index (κ1) is 22.9. The van der Waals surface area contributed by atoms with Crippen LogP contribution in [0.1, 0.15) is 30.9 Å². The maximum absolute atomic E-state index is 13.0. The van der Waals surface area contributed by atoms with Gasteiger partial charge in [0.25, 0.3) is 5.91 Å². The van der Waals surface area contributed by atoms with Gasteiger partial charge in [0.2, 0.25) is 15.9 Å². The van der Waals surface area contributed by atoms with Crippen LogP contribution in [-0.4, -0.2) is 48.7 Å². The monoisotopic (exact) mass is 470 g/mol. The third-order valence-corrected chi connectivity index (χ3v) is 8.16. The number of hydrazine groups is 1. The summed E-state index contributed by atoms with van der Waals surface area (Å²) in [6, 6.07) is 14.7. The van der Waals surface area contributed by atoms with Crippen LogP contribution in [-0.2, 0) is 25.2 Å². The smallest absolute Gasteiger partial charge is 0.318 e. The molecule has 2 N–H and O–H groups in total. The van der Waals surface area contributed by atoms with Gasteiger partial charge in [0.1, 0.15) is 5.54 Å². The summed E-state index contributed by atoms with van der Waals surface area (Å²) in [4.78, 5) is 38.4. The van der Waals surface area contributed by atoms with Crippen molar-refractivity contribution in [1.82, 2.24) is 20.1 Å². The van der Waals surface area contributed by atoms with Crippen LogP contribution in [0.5, 0.6) is 0 Å². The molecule has 0 saturated carbocycles. The molecule has 0 bridgehead atoms. The number of imide groups is 1. The Bertz CT molecular complexity index is 1180. The summed E-state index contributed by atoms with van der Waals surface area (Å²) in [7, 11) is -3.64. The van der Waals surface area contributed by atoms with Crippen LogP contribution in [0.2, 0.25) is 0 Å². The van der Waals surface area contributed by atoms with Crippen molar-refractivity contribution < 1.29 is 22.8 Å². The quantitative estimate of drug-likeness (QED) is 0.648. The Morgan fingerprint density at radius 1 is 1.03 bits per heavy atom. The summed E-state index contributed by atoms with van der Waals surface area (Å²) < 4.78 is 27.1. The number of amides is 4. The molecule has 4 amide bonds. The second kappa shape index (κ2) is 8.60. The van der Waals surface area contributed by atoms with Gasteiger partial charge in [0.05, 0.1) is 4.90 Å². The Morgan fingerprint density at radius 3 is 2.24 bits per heavy atom. The first-order valence-corrected chi connectivity index (χ1v) is 12.2. The maximum Gasteiger partial charge on any atom is 0.344 e. The molecule has 4 rings (SSSR count). The van der Waals surface area contributed by atoms with Crippen molar-refractivity contribution >= 4 is 27.9 Å². The lowest BCUT2D eigenvalue weighted by Gasteiger charge is -2.31. The third kappa shape index (κ3) is 4.23. The molecule has 1 atom stereocenters. The minimum Gasteiger partial charge on any atom is -0.318 e. The van der Waals surface area contributed by atoms with E-state index in [1.165, 1.54) is 4.31 Å². The molecule has 2 aliphatic heterocycles. The van der Waals surface area contributed by atoms with Gasteiger partial charge in [-0.15, -0.1) is 0 Å². The van der Waals surface area contributed by atoms with Crippen LogP contribution in [0, 0.1) is 12.8 Å². The first-order chi connectivity index (χ1) is 15.6. The number of sulfonamides is 1. The largest absolute Gasteiger partial charge is 0.344 e. The van der Waals surface area contributed by atoms with Crippen LogP contribution in [0.3, 0.4) is 0 Å². The predicted molar refractivity (Wildman–Crippen MR) is 120 cm³/mol. The lowest BCUT2D eigenvalue weighted by atomic mass is 9.92. The highest BCUT2D eigenvalue weighted by Crippen LogP contribution is 2.29. The van der Waals surface area contributed by atoms with Crippen molar-refractivity contribution in [1.29, 1.82) is 0 Å². The molecule has 2 fully saturated rings. The van der Waals surface area contributed by atoms with Crippen molar-refractivity contribution in [2.24, 2.45) is 5.92 Å². The molecule has 33 heavy (non-hydrogen) atoms. The van der Waals surface area contributed by atoms with E-state index in [4.69, 9.17) is 0 Å². The van der Waals surface area contributed by atoms with Crippen molar-refractivity contribution in [2.45, 2.75) is 37.1 Å². The van der Waals surface area contributed by atoms with E-state index in [2.05, 4.69) is 10.7 Å².